The molecule has 0 saturated heterocycles. The van der Waals surface area contributed by atoms with Gasteiger partial charge in [0.2, 0.25) is 0 Å². The number of halogens is 1. The number of tetrazole rings is 1. The molecule has 1 saturated carbocycles. The monoisotopic (exact) mass is 467 g/mol. The first-order valence-corrected chi connectivity index (χ1v) is 11.5. The summed E-state index contributed by atoms with van der Waals surface area (Å²) in [5, 5.41) is 15.4. The highest BCUT2D eigenvalue weighted by atomic mass is 19.1. The van der Waals surface area contributed by atoms with Crippen LogP contribution in [0.2, 0.25) is 0 Å². The topological polar surface area (TPSA) is 91.2 Å². The predicted molar refractivity (Wildman–Crippen MR) is 125 cm³/mol. The Hall–Kier alpha value is -3.33. The zero-order chi connectivity index (χ0) is 24.2. The molecule has 0 radical (unpaired) electrons. The third-order valence-corrected chi connectivity index (χ3v) is 6.27. The highest BCUT2D eigenvalue weighted by Gasteiger charge is 2.41. The van der Waals surface area contributed by atoms with Crippen LogP contribution in [0.25, 0.3) is 11.4 Å². The van der Waals surface area contributed by atoms with Gasteiger partial charge in [-0.05, 0) is 73.0 Å². The van der Waals surface area contributed by atoms with E-state index in [1.165, 1.54) is 19.2 Å². The van der Waals surface area contributed by atoms with E-state index in [2.05, 4.69) is 20.8 Å². The number of aromatic nitrogens is 4. The average molecular weight is 468 g/mol. The van der Waals surface area contributed by atoms with E-state index in [1.54, 1.807) is 23.9 Å². The van der Waals surface area contributed by atoms with Crippen molar-refractivity contribution in [2.45, 2.75) is 51.3 Å². The van der Waals surface area contributed by atoms with Crippen molar-refractivity contribution in [2.24, 2.45) is 13.0 Å². The Kier molecular flexibility index (Phi) is 7.21. The van der Waals surface area contributed by atoms with Crippen LogP contribution in [0.5, 0.6) is 5.75 Å². The fourth-order valence-electron chi connectivity index (χ4n) is 4.73. The van der Waals surface area contributed by atoms with Gasteiger partial charge in [0.25, 0.3) is 0 Å². The SMILES string of the molecule is COC(=O)[C@H]1CC[C@H](NCc2cc(-c3nnnn3C)ccc2OC(C)C)[C@@H]1c1ccc(F)cc1. The molecular formula is C25H30FN5O3. The lowest BCUT2D eigenvalue weighted by Crippen LogP contribution is -2.34. The molecule has 0 bridgehead atoms. The first kappa shape index (κ1) is 23.8. The van der Waals surface area contributed by atoms with Crippen molar-refractivity contribution in [1.82, 2.24) is 25.5 Å². The van der Waals surface area contributed by atoms with Gasteiger partial charge in [-0.3, -0.25) is 4.79 Å². The molecule has 0 amide bonds. The van der Waals surface area contributed by atoms with E-state index in [-0.39, 0.29) is 35.8 Å². The molecule has 3 atom stereocenters. The van der Waals surface area contributed by atoms with Crippen LogP contribution in [0.15, 0.2) is 42.5 Å². The van der Waals surface area contributed by atoms with Crippen molar-refractivity contribution in [3.8, 4) is 17.1 Å². The molecule has 1 fully saturated rings. The summed E-state index contributed by atoms with van der Waals surface area (Å²) >= 11 is 0. The van der Waals surface area contributed by atoms with Gasteiger partial charge in [-0.1, -0.05) is 12.1 Å². The lowest BCUT2D eigenvalue weighted by molar-refractivity contribution is -0.145. The minimum atomic E-state index is -0.300. The van der Waals surface area contributed by atoms with Crippen LogP contribution in [-0.2, 0) is 23.1 Å². The Bertz CT molecular complexity index is 1130. The first-order valence-electron chi connectivity index (χ1n) is 11.5. The number of nitrogens with zero attached hydrogens (tertiary/aromatic N) is 4. The second-order valence-corrected chi connectivity index (χ2v) is 8.89. The highest BCUT2D eigenvalue weighted by molar-refractivity contribution is 5.74. The number of hydrogen-bond acceptors (Lipinski definition) is 7. The summed E-state index contributed by atoms with van der Waals surface area (Å²) < 4.78 is 26.3. The van der Waals surface area contributed by atoms with Crippen LogP contribution in [0, 0.1) is 11.7 Å². The van der Waals surface area contributed by atoms with Crippen LogP contribution >= 0.6 is 0 Å². The molecule has 0 aliphatic heterocycles. The van der Waals surface area contributed by atoms with Crippen LogP contribution in [0.4, 0.5) is 4.39 Å². The van der Waals surface area contributed by atoms with Crippen LogP contribution in [0.1, 0.15) is 43.7 Å². The summed E-state index contributed by atoms with van der Waals surface area (Å²) in [7, 11) is 3.21. The normalized spacial score (nSPS) is 20.0. The van der Waals surface area contributed by atoms with Gasteiger partial charge in [0.05, 0.1) is 19.1 Å². The van der Waals surface area contributed by atoms with Crippen molar-refractivity contribution in [3.05, 3.63) is 59.4 Å². The molecule has 180 valence electrons. The van der Waals surface area contributed by atoms with Crippen molar-refractivity contribution in [3.63, 3.8) is 0 Å². The fourth-order valence-corrected chi connectivity index (χ4v) is 4.73. The molecule has 1 aliphatic carbocycles. The van der Waals surface area contributed by atoms with Crippen LogP contribution in [0.3, 0.4) is 0 Å². The molecule has 1 heterocycles. The van der Waals surface area contributed by atoms with E-state index in [0.29, 0.717) is 18.8 Å². The van der Waals surface area contributed by atoms with Gasteiger partial charge < -0.3 is 14.8 Å². The number of carbonyl (C=O) groups is 1. The lowest BCUT2D eigenvalue weighted by atomic mass is 9.86. The minimum Gasteiger partial charge on any atom is -0.491 e. The van der Waals surface area contributed by atoms with Gasteiger partial charge in [-0.15, -0.1) is 5.10 Å². The van der Waals surface area contributed by atoms with Crippen LogP contribution in [-0.4, -0.2) is 45.4 Å². The summed E-state index contributed by atoms with van der Waals surface area (Å²) in [6, 6.07) is 12.3. The van der Waals surface area contributed by atoms with Gasteiger partial charge in [0.1, 0.15) is 11.6 Å². The van der Waals surface area contributed by atoms with Crippen molar-refractivity contribution in [2.75, 3.05) is 7.11 Å². The molecule has 8 nitrogen and oxygen atoms in total. The molecule has 34 heavy (non-hydrogen) atoms. The number of rotatable bonds is 8. The summed E-state index contributed by atoms with van der Waals surface area (Å²) in [6.45, 7) is 4.50. The van der Waals surface area contributed by atoms with Crippen LogP contribution < -0.4 is 10.1 Å². The molecule has 1 aromatic heterocycles. The Labute approximate surface area is 198 Å². The maximum atomic E-state index is 13.6. The maximum absolute atomic E-state index is 13.6. The van der Waals surface area contributed by atoms with Gasteiger partial charge in [0.15, 0.2) is 5.82 Å². The van der Waals surface area contributed by atoms with E-state index < -0.39 is 0 Å². The first-order chi connectivity index (χ1) is 16.4. The molecule has 1 aliphatic rings. The van der Waals surface area contributed by atoms with E-state index in [9.17, 15) is 9.18 Å². The quantitative estimate of drug-likeness (QED) is 0.506. The Balaban J connectivity index is 1.60. The fraction of sp³-hybridized carbons (Fsp3) is 0.440. The summed E-state index contributed by atoms with van der Waals surface area (Å²) in [6.07, 6.45) is 1.52. The second-order valence-electron chi connectivity index (χ2n) is 8.89. The molecule has 4 rings (SSSR count). The number of hydrogen-bond donors (Lipinski definition) is 1. The van der Waals surface area contributed by atoms with Gasteiger partial charge in [-0.2, -0.15) is 0 Å². The Morgan fingerprint density at radius 1 is 1.21 bits per heavy atom. The van der Waals surface area contributed by atoms with Crippen molar-refractivity contribution >= 4 is 5.97 Å². The highest BCUT2D eigenvalue weighted by Crippen LogP contribution is 2.41. The van der Waals surface area contributed by atoms with E-state index in [4.69, 9.17) is 9.47 Å². The number of aryl methyl sites for hydroxylation is 1. The summed E-state index contributed by atoms with van der Waals surface area (Å²) in [5.74, 6) is 0.505. The molecule has 2 aromatic carbocycles. The number of ether oxygens (including phenoxy) is 2. The zero-order valence-corrected chi connectivity index (χ0v) is 19.9. The predicted octanol–water partition coefficient (Wildman–Crippen LogP) is 3.63. The average Bonchev–Trinajstić information content (AvgIpc) is 3.44. The summed E-state index contributed by atoms with van der Waals surface area (Å²) in [5.41, 5.74) is 2.77. The molecule has 9 heteroatoms. The minimum absolute atomic E-state index is 0.0154. The largest absolute Gasteiger partial charge is 0.491 e. The number of methoxy groups -OCH3 is 1. The summed E-state index contributed by atoms with van der Waals surface area (Å²) in [4.78, 5) is 12.5. The number of benzene rings is 2. The third kappa shape index (κ3) is 5.09. The van der Waals surface area contributed by atoms with E-state index >= 15 is 0 Å². The van der Waals surface area contributed by atoms with Crippen molar-refractivity contribution in [1.29, 1.82) is 0 Å². The molecular weight excluding hydrogens is 437 g/mol. The molecule has 0 unspecified atom stereocenters. The third-order valence-electron chi connectivity index (χ3n) is 6.27. The standard InChI is InChI=1S/C25H30FN5O3/c1-15(2)34-22-12-7-17(24-28-29-30-31(24)3)13-18(22)14-27-21-11-10-20(25(32)33-4)23(21)16-5-8-19(26)9-6-16/h5-9,12-13,15,20-21,23,27H,10-11,14H2,1-4H3/t20-,21-,23+/m0/s1. The molecule has 1 N–H and O–H groups in total. The molecule has 0 spiro atoms. The van der Waals surface area contributed by atoms with Gasteiger partial charge >= 0.3 is 5.97 Å². The van der Waals surface area contributed by atoms with Gasteiger partial charge in [-0.25, -0.2) is 9.07 Å². The Morgan fingerprint density at radius 2 is 1.97 bits per heavy atom. The second kappa shape index (κ2) is 10.3. The van der Waals surface area contributed by atoms with E-state index in [1.807, 2.05) is 32.0 Å². The molecule has 3 aromatic rings. The number of carbonyl (C=O) groups excluding carboxylic acids is 1. The van der Waals surface area contributed by atoms with E-state index in [0.717, 1.165) is 28.9 Å². The Morgan fingerprint density at radius 3 is 2.62 bits per heavy atom. The number of nitrogens with one attached hydrogen (secondary N) is 1. The van der Waals surface area contributed by atoms with Crippen molar-refractivity contribution < 1.29 is 18.7 Å². The number of esters is 1. The smallest absolute Gasteiger partial charge is 0.309 e. The maximum Gasteiger partial charge on any atom is 0.309 e. The zero-order valence-electron chi connectivity index (χ0n) is 19.9. The van der Waals surface area contributed by atoms with Gasteiger partial charge in [0, 0.05) is 36.7 Å². The lowest BCUT2D eigenvalue weighted by Gasteiger charge is -2.26.